The van der Waals surface area contributed by atoms with Crippen LogP contribution in [0.3, 0.4) is 0 Å². The molecule has 5 heterocycles. The molecule has 0 aliphatic heterocycles. The Morgan fingerprint density at radius 1 is 0.259 bits per heavy atom. The maximum absolute atomic E-state index is 4.67. The molecule has 5 aromatic heterocycles. The van der Waals surface area contributed by atoms with Crippen LogP contribution in [0.2, 0.25) is 0 Å². The fraction of sp³-hybridized carbons (Fsp3) is 0.312. The second kappa shape index (κ2) is 22.7. The molecule has 0 fully saturated rings. The van der Waals surface area contributed by atoms with Crippen LogP contribution in [0.1, 0.15) is 168 Å². The van der Waals surface area contributed by atoms with Gasteiger partial charge in [-0.05, 0) is 325 Å². The number of hydrogen-bond acceptors (Lipinski definition) is 5. The van der Waals surface area contributed by atoms with Crippen molar-refractivity contribution in [3.8, 4) is 55.6 Å². The van der Waals surface area contributed by atoms with Crippen LogP contribution in [0.15, 0.2) is 91.4 Å². The van der Waals surface area contributed by atoms with Crippen molar-refractivity contribution in [1.82, 2.24) is 24.9 Å². The molecule has 0 unspecified atom stereocenters. The predicted molar refractivity (Wildman–Crippen MR) is 357 cm³/mol. The molecule has 10 aromatic rings. The van der Waals surface area contributed by atoms with Gasteiger partial charge in [-0.1, -0.05) is 42.5 Å². The Kier molecular flexibility index (Phi) is 15.6. The van der Waals surface area contributed by atoms with Crippen LogP contribution in [0.5, 0.6) is 0 Å². The lowest BCUT2D eigenvalue weighted by Crippen LogP contribution is -1.94. The molecule has 430 valence electrons. The molecule has 5 aliphatic rings. The van der Waals surface area contributed by atoms with Crippen molar-refractivity contribution in [2.45, 2.75) is 171 Å². The van der Waals surface area contributed by atoms with E-state index in [0.29, 0.717) is 0 Å². The molecule has 0 spiro atoms. The molecule has 0 bridgehead atoms. The minimum atomic E-state index is 0.993. The van der Waals surface area contributed by atoms with Crippen molar-refractivity contribution >= 4 is 0 Å². The van der Waals surface area contributed by atoms with Gasteiger partial charge in [0.15, 0.2) is 0 Å². The predicted octanol–water partition coefficient (Wildman–Crippen LogP) is 19.4. The van der Waals surface area contributed by atoms with Gasteiger partial charge in [0.1, 0.15) is 0 Å². The van der Waals surface area contributed by atoms with E-state index in [1.807, 2.05) is 18.6 Å². The van der Waals surface area contributed by atoms with E-state index in [4.69, 9.17) is 0 Å². The molecule has 5 nitrogen and oxygen atoms in total. The highest BCUT2D eigenvalue weighted by atomic mass is 14.7. The van der Waals surface area contributed by atoms with E-state index in [9.17, 15) is 0 Å². The van der Waals surface area contributed by atoms with Crippen molar-refractivity contribution in [2.24, 2.45) is 0 Å². The third-order valence-corrected chi connectivity index (χ3v) is 20.1. The van der Waals surface area contributed by atoms with Gasteiger partial charge in [-0.3, -0.25) is 24.9 Å². The first-order valence-corrected chi connectivity index (χ1v) is 30.7. The number of benzene rings is 5. The first kappa shape index (κ1) is 58.6. The third kappa shape index (κ3) is 10.6. The number of hydrogen-bond donors (Lipinski definition) is 0. The standard InChI is InChI=1S/5C16H17N/c1-9-5-15-14-6-10(2)11(3)12(4)13(14)7-16(15)17-8-9;1-9-5-14-15(17-8-9)7-13-6-10(2)11(3)12(4)16(13)14;1-9-7-13-8-15-14(6-5-10(2)17-15)16(13)12(4)11(9)3;1-9-7-15-13-6-5-10(2)17-16(13)8-14(15)12(4)11(9)3;1-9-5-6-17-14-8-13-7-10(2)11(3)12(4)16(13)15(9)14/h2*5-6,8H,7H2,1-4H3;3*5-7H,8H2,1-4H3. The van der Waals surface area contributed by atoms with Crippen molar-refractivity contribution < 1.29 is 0 Å². The van der Waals surface area contributed by atoms with Gasteiger partial charge in [0, 0.05) is 89.9 Å². The lowest BCUT2D eigenvalue weighted by molar-refractivity contribution is 1.06. The van der Waals surface area contributed by atoms with E-state index >= 15 is 0 Å². The maximum Gasteiger partial charge on any atom is 0.0529 e. The summed E-state index contributed by atoms with van der Waals surface area (Å²) in [6.45, 7) is 43.8. The molecule has 15 rings (SSSR count). The van der Waals surface area contributed by atoms with Crippen molar-refractivity contribution in [3.63, 3.8) is 0 Å². The van der Waals surface area contributed by atoms with Gasteiger partial charge in [0.2, 0.25) is 0 Å². The summed E-state index contributed by atoms with van der Waals surface area (Å²) in [7, 11) is 0. The minimum Gasteiger partial charge on any atom is -0.260 e. The Balaban J connectivity index is 0.000000111. The number of fused-ring (bicyclic) bond motifs is 15. The van der Waals surface area contributed by atoms with Gasteiger partial charge in [-0.15, -0.1) is 0 Å². The molecule has 5 aromatic carbocycles. The minimum absolute atomic E-state index is 0.993. The van der Waals surface area contributed by atoms with Crippen LogP contribution in [-0.2, 0) is 32.1 Å². The maximum atomic E-state index is 4.67. The number of aromatic nitrogens is 5. The molecule has 5 aliphatic carbocycles. The Bertz CT molecular complexity index is 4430. The van der Waals surface area contributed by atoms with Crippen LogP contribution < -0.4 is 0 Å². The van der Waals surface area contributed by atoms with Crippen molar-refractivity contribution in [2.75, 3.05) is 0 Å². The van der Waals surface area contributed by atoms with E-state index in [1.54, 1.807) is 0 Å². The molecule has 0 saturated heterocycles. The third-order valence-electron chi connectivity index (χ3n) is 20.1. The molecule has 5 heteroatoms. The lowest BCUT2D eigenvalue weighted by Gasteiger charge is -2.13. The molecule has 0 radical (unpaired) electrons. The van der Waals surface area contributed by atoms with E-state index in [0.717, 1.165) is 43.5 Å². The average molecular weight is 1120 g/mol. The first-order valence-electron chi connectivity index (χ1n) is 30.7. The lowest BCUT2D eigenvalue weighted by atomic mass is 9.92. The largest absolute Gasteiger partial charge is 0.260 e. The van der Waals surface area contributed by atoms with Crippen LogP contribution in [-0.4, -0.2) is 24.9 Å². The first-order chi connectivity index (χ1) is 40.4. The monoisotopic (exact) mass is 1120 g/mol. The van der Waals surface area contributed by atoms with Gasteiger partial charge in [0.25, 0.3) is 0 Å². The molecule has 0 N–H and O–H groups in total. The summed E-state index contributed by atoms with van der Waals surface area (Å²) in [6, 6.07) is 27.0. The Morgan fingerprint density at radius 2 is 0.647 bits per heavy atom. The van der Waals surface area contributed by atoms with Crippen LogP contribution in [0, 0.1) is 138 Å². The van der Waals surface area contributed by atoms with Crippen LogP contribution >= 0.6 is 0 Å². The zero-order valence-electron chi connectivity index (χ0n) is 54.4. The Morgan fingerprint density at radius 3 is 1.19 bits per heavy atom. The summed E-state index contributed by atoms with van der Waals surface area (Å²) in [5, 5.41) is 0. The summed E-state index contributed by atoms with van der Waals surface area (Å²) in [6.07, 6.45) is 10.8. The van der Waals surface area contributed by atoms with Gasteiger partial charge < -0.3 is 0 Å². The van der Waals surface area contributed by atoms with Crippen molar-refractivity contribution in [1.29, 1.82) is 0 Å². The topological polar surface area (TPSA) is 64.5 Å². The summed E-state index contributed by atoms with van der Waals surface area (Å²) in [4.78, 5) is 23.0. The fourth-order valence-corrected chi connectivity index (χ4v) is 14.1. The molecule has 85 heavy (non-hydrogen) atoms. The van der Waals surface area contributed by atoms with E-state index in [2.05, 4.69) is 236 Å². The number of nitrogens with zero attached hydrogens (tertiary/aromatic N) is 5. The summed E-state index contributed by atoms with van der Waals surface area (Å²) in [5.41, 5.74) is 54.6. The van der Waals surface area contributed by atoms with Crippen LogP contribution in [0.4, 0.5) is 0 Å². The normalized spacial score (nSPS) is 12.5. The number of pyridine rings is 5. The van der Waals surface area contributed by atoms with Gasteiger partial charge >= 0.3 is 0 Å². The van der Waals surface area contributed by atoms with E-state index in [-0.39, 0.29) is 0 Å². The smallest absolute Gasteiger partial charge is 0.0529 e. The van der Waals surface area contributed by atoms with Crippen LogP contribution in [0.25, 0.3) is 55.6 Å². The molecule has 0 saturated carbocycles. The van der Waals surface area contributed by atoms with E-state index < -0.39 is 0 Å². The highest BCUT2D eigenvalue weighted by molar-refractivity contribution is 5.84. The van der Waals surface area contributed by atoms with E-state index in [1.165, 1.54) is 212 Å². The number of aryl methyl sites for hydroxylation is 10. The van der Waals surface area contributed by atoms with Crippen molar-refractivity contribution in [3.05, 3.63) is 259 Å². The molecule has 0 amide bonds. The zero-order chi connectivity index (χ0) is 60.8. The second-order valence-electron chi connectivity index (χ2n) is 25.6. The second-order valence-corrected chi connectivity index (χ2v) is 25.6. The van der Waals surface area contributed by atoms with Gasteiger partial charge in [-0.2, -0.15) is 0 Å². The SMILES string of the molecule is Cc1cc2c(c(C)c1C)-c1c(C)ccnc1C2.Cc1ccc2c(n1)Cc1c-2cc(C)c(C)c1C.Cc1ccc2c(n1)Cc1cc(C)c(C)c(C)c1-2.Cc1cnc2c(c1)-c1c(cc(C)c(C)c1C)C2.Cc1cnc2c(c1)-c1cc(C)c(C)c(C)c1C2. The number of rotatable bonds is 0. The quantitative estimate of drug-likeness (QED) is 0.151. The summed E-state index contributed by atoms with van der Waals surface area (Å²) < 4.78 is 0. The Labute approximate surface area is 507 Å². The van der Waals surface area contributed by atoms with Gasteiger partial charge in [0.05, 0.1) is 28.5 Å². The zero-order valence-corrected chi connectivity index (χ0v) is 54.4. The molecular formula is C80H85N5. The molecule has 0 atom stereocenters. The Hall–Kier alpha value is -8.15. The fourth-order valence-electron chi connectivity index (χ4n) is 14.1. The highest BCUT2D eigenvalue weighted by Gasteiger charge is 2.28. The average Bonchev–Trinajstić information content (AvgIpc) is 2.76. The van der Waals surface area contributed by atoms with Gasteiger partial charge in [-0.25, -0.2) is 0 Å². The highest BCUT2D eigenvalue weighted by Crippen LogP contribution is 2.45. The molecular weight excluding hydrogens is 1030 g/mol. The summed E-state index contributed by atoms with van der Waals surface area (Å²) >= 11 is 0. The summed E-state index contributed by atoms with van der Waals surface area (Å²) in [5.74, 6) is 0.